The van der Waals surface area contributed by atoms with E-state index < -0.39 is 0 Å². The standard InChI is InChI=1S/C12H17BrFN3O/c1-17-4-5-18-11(7-17)12(16-15)9-6-8(13)2-3-10(9)14/h2-3,6,11-12,16H,4-5,7,15H2,1H3. The minimum atomic E-state index is -0.356. The van der Waals surface area contributed by atoms with Crippen molar-refractivity contribution in [3.63, 3.8) is 0 Å². The van der Waals surface area contributed by atoms with Gasteiger partial charge in [0.2, 0.25) is 0 Å². The molecule has 0 amide bonds. The molecule has 0 aromatic heterocycles. The minimum Gasteiger partial charge on any atom is -0.374 e. The molecular formula is C12H17BrFN3O. The van der Waals surface area contributed by atoms with Crippen LogP contribution in [0.2, 0.25) is 0 Å². The van der Waals surface area contributed by atoms with Crippen LogP contribution in [0.1, 0.15) is 11.6 Å². The third-order valence-electron chi connectivity index (χ3n) is 3.14. The van der Waals surface area contributed by atoms with Crippen LogP contribution < -0.4 is 11.3 Å². The summed E-state index contributed by atoms with van der Waals surface area (Å²) in [6.45, 7) is 2.24. The van der Waals surface area contributed by atoms with Gasteiger partial charge < -0.3 is 9.64 Å². The molecular weight excluding hydrogens is 301 g/mol. The molecule has 100 valence electrons. The summed E-state index contributed by atoms with van der Waals surface area (Å²) in [6.07, 6.45) is -0.155. The lowest BCUT2D eigenvalue weighted by Crippen LogP contribution is -2.48. The molecule has 18 heavy (non-hydrogen) atoms. The Balaban J connectivity index is 2.24. The Morgan fingerprint density at radius 3 is 3.06 bits per heavy atom. The maximum absolute atomic E-state index is 13.9. The van der Waals surface area contributed by atoms with Gasteiger partial charge in [-0.15, -0.1) is 0 Å². The summed E-state index contributed by atoms with van der Waals surface area (Å²) in [7, 11) is 2.01. The molecule has 1 fully saturated rings. The predicted octanol–water partition coefficient (Wildman–Crippen LogP) is 1.42. The van der Waals surface area contributed by atoms with Crippen molar-refractivity contribution < 1.29 is 9.13 Å². The summed E-state index contributed by atoms with van der Waals surface area (Å²) in [5, 5.41) is 0. The van der Waals surface area contributed by atoms with Crippen molar-refractivity contribution >= 4 is 15.9 Å². The predicted molar refractivity (Wildman–Crippen MR) is 71.4 cm³/mol. The molecule has 0 spiro atoms. The largest absolute Gasteiger partial charge is 0.374 e. The second-order valence-electron chi connectivity index (χ2n) is 4.48. The van der Waals surface area contributed by atoms with Gasteiger partial charge >= 0.3 is 0 Å². The molecule has 0 radical (unpaired) electrons. The van der Waals surface area contributed by atoms with E-state index in [9.17, 15) is 4.39 Å². The summed E-state index contributed by atoms with van der Waals surface area (Å²) in [5.41, 5.74) is 3.18. The molecule has 2 unspecified atom stereocenters. The first-order chi connectivity index (χ1) is 8.61. The monoisotopic (exact) mass is 317 g/mol. The maximum Gasteiger partial charge on any atom is 0.128 e. The Labute approximate surface area is 114 Å². The normalized spacial score (nSPS) is 23.0. The zero-order valence-corrected chi connectivity index (χ0v) is 11.8. The fraction of sp³-hybridized carbons (Fsp3) is 0.500. The van der Waals surface area contributed by atoms with Crippen molar-refractivity contribution in [1.82, 2.24) is 10.3 Å². The van der Waals surface area contributed by atoms with E-state index in [1.807, 2.05) is 7.05 Å². The van der Waals surface area contributed by atoms with E-state index in [-0.39, 0.29) is 18.0 Å². The van der Waals surface area contributed by atoms with E-state index in [4.69, 9.17) is 10.6 Å². The molecule has 4 nitrogen and oxygen atoms in total. The molecule has 0 saturated carbocycles. The van der Waals surface area contributed by atoms with E-state index in [0.717, 1.165) is 17.6 Å². The van der Waals surface area contributed by atoms with Crippen LogP contribution in [-0.4, -0.2) is 37.7 Å². The third kappa shape index (κ3) is 3.07. The van der Waals surface area contributed by atoms with Crippen molar-refractivity contribution in [3.05, 3.63) is 34.1 Å². The van der Waals surface area contributed by atoms with Crippen LogP contribution in [-0.2, 0) is 4.74 Å². The zero-order chi connectivity index (χ0) is 13.1. The average Bonchev–Trinajstić information content (AvgIpc) is 2.35. The van der Waals surface area contributed by atoms with Crippen molar-refractivity contribution in [2.45, 2.75) is 12.1 Å². The Hall–Kier alpha value is -0.530. The smallest absolute Gasteiger partial charge is 0.128 e. The third-order valence-corrected chi connectivity index (χ3v) is 3.63. The first-order valence-corrected chi connectivity index (χ1v) is 6.62. The van der Waals surface area contributed by atoms with Crippen LogP contribution in [0, 0.1) is 5.82 Å². The Kier molecular flexibility index (Phi) is 4.69. The highest BCUT2D eigenvalue weighted by atomic mass is 79.9. The number of hydrazine groups is 1. The summed E-state index contributed by atoms with van der Waals surface area (Å²) >= 11 is 3.34. The Morgan fingerprint density at radius 2 is 2.39 bits per heavy atom. The van der Waals surface area contributed by atoms with Crippen LogP contribution >= 0.6 is 15.9 Å². The summed E-state index contributed by atoms with van der Waals surface area (Å²) in [6, 6.07) is 4.47. The van der Waals surface area contributed by atoms with Gasteiger partial charge in [0.05, 0.1) is 18.8 Å². The molecule has 2 rings (SSSR count). The number of halogens is 2. The van der Waals surface area contributed by atoms with E-state index in [0.29, 0.717) is 12.2 Å². The average molecular weight is 318 g/mol. The number of hydrogen-bond donors (Lipinski definition) is 2. The molecule has 6 heteroatoms. The summed E-state index contributed by atoms with van der Waals surface area (Å²) < 4.78 is 20.4. The lowest BCUT2D eigenvalue weighted by molar-refractivity contribution is -0.0398. The van der Waals surface area contributed by atoms with Gasteiger partial charge in [-0.05, 0) is 25.2 Å². The van der Waals surface area contributed by atoms with E-state index in [1.165, 1.54) is 6.07 Å². The number of nitrogens with two attached hydrogens (primary N) is 1. The van der Waals surface area contributed by atoms with Gasteiger partial charge in [0, 0.05) is 23.1 Å². The highest BCUT2D eigenvalue weighted by molar-refractivity contribution is 9.10. The lowest BCUT2D eigenvalue weighted by Gasteiger charge is -2.35. The van der Waals surface area contributed by atoms with Crippen LogP contribution in [0.4, 0.5) is 4.39 Å². The summed E-state index contributed by atoms with van der Waals surface area (Å²) in [5.74, 6) is 5.29. The number of hydrogen-bond acceptors (Lipinski definition) is 4. The van der Waals surface area contributed by atoms with Gasteiger partial charge in [0.1, 0.15) is 5.82 Å². The van der Waals surface area contributed by atoms with Gasteiger partial charge in [-0.2, -0.15) is 0 Å². The van der Waals surface area contributed by atoms with Crippen molar-refractivity contribution in [1.29, 1.82) is 0 Å². The second kappa shape index (κ2) is 6.08. The topological polar surface area (TPSA) is 50.5 Å². The number of benzene rings is 1. The van der Waals surface area contributed by atoms with Crippen molar-refractivity contribution in [2.75, 3.05) is 26.7 Å². The van der Waals surface area contributed by atoms with Gasteiger partial charge in [-0.1, -0.05) is 15.9 Å². The van der Waals surface area contributed by atoms with Crippen LogP contribution in [0.15, 0.2) is 22.7 Å². The van der Waals surface area contributed by atoms with E-state index in [2.05, 4.69) is 26.3 Å². The van der Waals surface area contributed by atoms with E-state index >= 15 is 0 Å². The summed E-state index contributed by atoms with van der Waals surface area (Å²) in [4.78, 5) is 2.15. The second-order valence-corrected chi connectivity index (χ2v) is 5.40. The fourth-order valence-electron chi connectivity index (χ4n) is 2.16. The van der Waals surface area contributed by atoms with Gasteiger partial charge in [0.25, 0.3) is 0 Å². The number of ether oxygens (including phenoxy) is 1. The minimum absolute atomic E-state index is 0.155. The molecule has 1 saturated heterocycles. The first kappa shape index (κ1) is 13.9. The lowest BCUT2D eigenvalue weighted by atomic mass is 10.00. The SMILES string of the molecule is CN1CCOC(C(NN)c2cc(Br)ccc2F)C1. The highest BCUT2D eigenvalue weighted by Crippen LogP contribution is 2.26. The van der Waals surface area contributed by atoms with Crippen molar-refractivity contribution in [2.24, 2.45) is 5.84 Å². The highest BCUT2D eigenvalue weighted by Gasteiger charge is 2.29. The quantitative estimate of drug-likeness (QED) is 0.654. The molecule has 0 aliphatic carbocycles. The Bertz CT molecular complexity index is 418. The van der Waals surface area contributed by atoms with Crippen LogP contribution in [0.25, 0.3) is 0 Å². The van der Waals surface area contributed by atoms with Gasteiger partial charge in [0.15, 0.2) is 0 Å². The molecule has 0 bridgehead atoms. The van der Waals surface area contributed by atoms with Crippen molar-refractivity contribution in [3.8, 4) is 0 Å². The van der Waals surface area contributed by atoms with Gasteiger partial charge in [-0.25, -0.2) is 4.39 Å². The number of rotatable bonds is 3. The van der Waals surface area contributed by atoms with Crippen LogP contribution in [0.3, 0.4) is 0 Å². The number of likely N-dealkylation sites (N-methyl/N-ethyl adjacent to an activating group) is 1. The Morgan fingerprint density at radius 1 is 1.61 bits per heavy atom. The molecule has 1 aliphatic heterocycles. The number of nitrogens with one attached hydrogen (secondary N) is 1. The fourth-order valence-corrected chi connectivity index (χ4v) is 2.54. The first-order valence-electron chi connectivity index (χ1n) is 5.83. The number of nitrogens with zero attached hydrogens (tertiary/aromatic N) is 1. The van der Waals surface area contributed by atoms with Crippen LogP contribution in [0.5, 0.6) is 0 Å². The van der Waals surface area contributed by atoms with Gasteiger partial charge in [-0.3, -0.25) is 11.3 Å². The molecule has 1 aliphatic rings. The molecule has 1 heterocycles. The van der Waals surface area contributed by atoms with E-state index in [1.54, 1.807) is 12.1 Å². The number of morpholine rings is 1. The molecule has 1 aromatic carbocycles. The molecule has 1 aromatic rings. The molecule has 2 atom stereocenters. The maximum atomic E-state index is 13.9. The molecule has 3 N–H and O–H groups in total. The zero-order valence-electron chi connectivity index (χ0n) is 10.2.